The molecule has 1 aromatic rings. The second-order valence-electron chi connectivity index (χ2n) is 7.06. The molecule has 2 heterocycles. The topological polar surface area (TPSA) is 69.2 Å². The van der Waals surface area contributed by atoms with E-state index >= 15 is 0 Å². The van der Waals surface area contributed by atoms with Crippen LogP contribution in [-0.4, -0.2) is 81.1 Å². The van der Waals surface area contributed by atoms with Crippen LogP contribution in [0.4, 0.5) is 0 Å². The minimum absolute atomic E-state index is 0.174. The monoisotopic (exact) mass is 373 g/mol. The van der Waals surface area contributed by atoms with E-state index in [9.17, 15) is 4.79 Å². The fourth-order valence-corrected chi connectivity index (χ4v) is 3.56. The van der Waals surface area contributed by atoms with Crippen LogP contribution in [0.5, 0.6) is 5.75 Å². The number of ether oxygens (including phenoxy) is 1. The molecule has 0 aliphatic carbocycles. The number of piperazine rings is 1. The summed E-state index contributed by atoms with van der Waals surface area (Å²) in [5.41, 5.74) is 2.64. The van der Waals surface area contributed by atoms with E-state index in [4.69, 9.17) is 4.74 Å². The Kier molecular flexibility index (Phi) is 6.92. The molecule has 0 radical (unpaired) electrons. The normalized spacial score (nSPS) is 17.4. The number of nitrogens with one attached hydrogen (secondary N) is 2. The van der Waals surface area contributed by atoms with Crippen LogP contribution in [0.2, 0.25) is 0 Å². The molecule has 0 aromatic heterocycles. The fraction of sp³-hybridized carbons (Fsp3) is 0.600. The summed E-state index contributed by atoms with van der Waals surface area (Å²) in [6, 6.07) is 6.47. The van der Waals surface area contributed by atoms with E-state index < -0.39 is 0 Å². The summed E-state index contributed by atoms with van der Waals surface area (Å²) in [6.07, 6.45) is 1.97. The first-order valence-corrected chi connectivity index (χ1v) is 9.82. The van der Waals surface area contributed by atoms with E-state index in [0.29, 0.717) is 0 Å². The van der Waals surface area contributed by atoms with E-state index in [-0.39, 0.29) is 5.91 Å². The van der Waals surface area contributed by atoms with Crippen LogP contribution in [0, 0.1) is 0 Å². The molecule has 2 aliphatic rings. The van der Waals surface area contributed by atoms with Crippen molar-refractivity contribution < 1.29 is 9.53 Å². The largest absolute Gasteiger partial charge is 0.493 e. The number of amides is 1. The minimum Gasteiger partial charge on any atom is -0.493 e. The molecule has 1 fully saturated rings. The van der Waals surface area contributed by atoms with Crippen molar-refractivity contribution in [1.29, 1.82) is 0 Å². The van der Waals surface area contributed by atoms with Crippen LogP contribution in [0.3, 0.4) is 0 Å². The summed E-state index contributed by atoms with van der Waals surface area (Å²) in [5, 5.41) is 6.76. The number of benzene rings is 1. The number of rotatable bonds is 6. The van der Waals surface area contributed by atoms with Gasteiger partial charge in [0.15, 0.2) is 5.96 Å². The van der Waals surface area contributed by atoms with Crippen LogP contribution in [0.15, 0.2) is 23.2 Å². The number of nitrogens with zero attached hydrogens (tertiary/aromatic N) is 3. The van der Waals surface area contributed by atoms with Gasteiger partial charge in [0.05, 0.1) is 6.61 Å². The smallest absolute Gasteiger partial charge is 0.219 e. The Hall–Kier alpha value is -2.28. The molecule has 2 aliphatic heterocycles. The van der Waals surface area contributed by atoms with Gasteiger partial charge in [-0.05, 0) is 23.6 Å². The molecule has 3 rings (SSSR count). The number of aliphatic imine (C=N–C) groups is 1. The third-order valence-corrected chi connectivity index (χ3v) is 5.22. The Bertz CT molecular complexity index is 668. The van der Waals surface area contributed by atoms with Gasteiger partial charge < -0.3 is 20.3 Å². The summed E-state index contributed by atoms with van der Waals surface area (Å²) < 4.78 is 5.56. The van der Waals surface area contributed by atoms with E-state index in [1.54, 1.807) is 14.0 Å². The van der Waals surface area contributed by atoms with Gasteiger partial charge in [0.1, 0.15) is 5.75 Å². The van der Waals surface area contributed by atoms with Gasteiger partial charge in [-0.3, -0.25) is 14.7 Å². The van der Waals surface area contributed by atoms with Crippen molar-refractivity contribution in [2.45, 2.75) is 19.8 Å². The number of hydrogen-bond donors (Lipinski definition) is 2. The fourth-order valence-electron chi connectivity index (χ4n) is 3.56. The Labute approximate surface area is 161 Å². The molecule has 0 bridgehead atoms. The first kappa shape index (κ1) is 19.5. The van der Waals surface area contributed by atoms with Gasteiger partial charge in [0.2, 0.25) is 5.91 Å². The molecular weight excluding hydrogens is 342 g/mol. The van der Waals surface area contributed by atoms with Gasteiger partial charge >= 0.3 is 0 Å². The van der Waals surface area contributed by atoms with Crippen LogP contribution in [-0.2, 0) is 17.6 Å². The second kappa shape index (κ2) is 9.60. The van der Waals surface area contributed by atoms with Crippen LogP contribution >= 0.6 is 0 Å². The number of carbonyl (C=O) groups excluding carboxylic acids is 1. The molecular formula is C20H31N5O2. The highest BCUT2D eigenvalue weighted by Gasteiger charge is 2.18. The highest BCUT2D eigenvalue weighted by Crippen LogP contribution is 2.25. The van der Waals surface area contributed by atoms with Crippen molar-refractivity contribution in [1.82, 2.24) is 20.4 Å². The predicted molar refractivity (Wildman–Crippen MR) is 107 cm³/mol. The molecule has 148 valence electrons. The minimum atomic E-state index is 0.174. The molecule has 0 atom stereocenters. The van der Waals surface area contributed by atoms with Gasteiger partial charge in [-0.2, -0.15) is 0 Å². The average Bonchev–Trinajstić information content (AvgIpc) is 3.15. The maximum Gasteiger partial charge on any atom is 0.219 e. The Morgan fingerprint density at radius 1 is 1.19 bits per heavy atom. The number of guanidine groups is 1. The molecule has 7 heteroatoms. The molecule has 1 aromatic carbocycles. The van der Waals surface area contributed by atoms with Crippen LogP contribution < -0.4 is 15.4 Å². The molecule has 0 spiro atoms. The zero-order valence-electron chi connectivity index (χ0n) is 16.5. The summed E-state index contributed by atoms with van der Waals surface area (Å²) in [6.45, 7) is 8.62. The zero-order valence-corrected chi connectivity index (χ0v) is 16.5. The Morgan fingerprint density at radius 2 is 1.96 bits per heavy atom. The Morgan fingerprint density at radius 3 is 2.70 bits per heavy atom. The third kappa shape index (κ3) is 5.60. The molecule has 7 nitrogen and oxygen atoms in total. The molecule has 27 heavy (non-hydrogen) atoms. The van der Waals surface area contributed by atoms with Gasteiger partial charge in [-0.1, -0.05) is 12.1 Å². The quantitative estimate of drug-likeness (QED) is 0.561. The lowest BCUT2D eigenvalue weighted by atomic mass is 10.1. The van der Waals surface area contributed by atoms with Crippen molar-refractivity contribution >= 4 is 11.9 Å². The maximum atomic E-state index is 11.4. The van der Waals surface area contributed by atoms with E-state index in [1.807, 2.05) is 4.90 Å². The van der Waals surface area contributed by atoms with E-state index in [2.05, 4.69) is 38.7 Å². The molecule has 0 unspecified atom stereocenters. The summed E-state index contributed by atoms with van der Waals surface area (Å²) in [7, 11) is 1.80. The van der Waals surface area contributed by atoms with E-state index in [1.165, 1.54) is 11.1 Å². The van der Waals surface area contributed by atoms with Gasteiger partial charge in [-0.25, -0.2) is 0 Å². The summed E-state index contributed by atoms with van der Waals surface area (Å²) in [5.74, 6) is 2.04. The first-order valence-electron chi connectivity index (χ1n) is 9.82. The van der Waals surface area contributed by atoms with Crippen molar-refractivity contribution in [3.05, 3.63) is 29.3 Å². The average molecular weight is 374 g/mol. The van der Waals surface area contributed by atoms with Crippen molar-refractivity contribution in [3.63, 3.8) is 0 Å². The number of carbonyl (C=O) groups is 1. The van der Waals surface area contributed by atoms with Gasteiger partial charge in [0, 0.05) is 66.2 Å². The SMILES string of the molecule is CN=C(NCCc1ccc2c(c1)CCO2)NCCN1CCN(C(C)=O)CC1. The standard InChI is InChI=1S/C20H31N5O2/c1-16(26)25-12-10-24(11-13-25)9-8-23-20(21-2)22-7-5-17-3-4-19-18(15-17)6-14-27-19/h3-4,15H,5-14H2,1-2H3,(H2,21,22,23). The maximum absolute atomic E-state index is 11.4. The second-order valence-corrected chi connectivity index (χ2v) is 7.06. The lowest BCUT2D eigenvalue weighted by Gasteiger charge is -2.34. The van der Waals surface area contributed by atoms with E-state index in [0.717, 1.165) is 77.0 Å². The van der Waals surface area contributed by atoms with Gasteiger partial charge in [0.25, 0.3) is 0 Å². The molecule has 2 N–H and O–H groups in total. The highest BCUT2D eigenvalue weighted by atomic mass is 16.5. The van der Waals surface area contributed by atoms with Gasteiger partial charge in [-0.15, -0.1) is 0 Å². The highest BCUT2D eigenvalue weighted by molar-refractivity contribution is 5.79. The predicted octanol–water partition coefficient (Wildman–Crippen LogP) is 0.493. The lowest BCUT2D eigenvalue weighted by molar-refractivity contribution is -0.130. The molecule has 0 saturated carbocycles. The summed E-state index contributed by atoms with van der Waals surface area (Å²) >= 11 is 0. The first-order chi connectivity index (χ1) is 13.2. The van der Waals surface area contributed by atoms with Crippen LogP contribution in [0.25, 0.3) is 0 Å². The van der Waals surface area contributed by atoms with Crippen molar-refractivity contribution in [2.75, 3.05) is 59.5 Å². The lowest BCUT2D eigenvalue weighted by Crippen LogP contribution is -2.50. The Balaban J connectivity index is 1.32. The number of fused-ring (bicyclic) bond motifs is 1. The van der Waals surface area contributed by atoms with Crippen molar-refractivity contribution in [3.8, 4) is 5.75 Å². The molecule has 1 saturated heterocycles. The number of hydrogen-bond acceptors (Lipinski definition) is 4. The van der Waals surface area contributed by atoms with Crippen molar-refractivity contribution in [2.24, 2.45) is 4.99 Å². The zero-order chi connectivity index (χ0) is 19.1. The molecule has 1 amide bonds. The third-order valence-electron chi connectivity index (χ3n) is 5.22. The summed E-state index contributed by atoms with van der Waals surface area (Å²) in [4.78, 5) is 20.0. The van der Waals surface area contributed by atoms with Crippen LogP contribution in [0.1, 0.15) is 18.1 Å².